The third kappa shape index (κ3) is 4.73. The van der Waals surface area contributed by atoms with Gasteiger partial charge < -0.3 is 4.90 Å². The quantitative estimate of drug-likeness (QED) is 0.769. The van der Waals surface area contributed by atoms with E-state index in [2.05, 4.69) is 18.2 Å². The fraction of sp³-hybridized carbons (Fsp3) is 0.526. The summed E-state index contributed by atoms with van der Waals surface area (Å²) in [6.07, 6.45) is 9.48. The molecule has 0 aromatic heterocycles. The van der Waals surface area contributed by atoms with Crippen molar-refractivity contribution in [1.29, 1.82) is 0 Å². The standard InChI is InChI=1S/C19H27NO/c1-16(2)19(21)20(15-17-11-7-6-8-12-17)18-13-9-4-3-5-10-14-18/h6-8,11-13,16H,3-5,9-10,14-15H2,1-2H3/b18-13+. The van der Waals surface area contributed by atoms with Crippen molar-refractivity contribution in [2.75, 3.05) is 0 Å². The van der Waals surface area contributed by atoms with Crippen LogP contribution >= 0.6 is 0 Å². The minimum atomic E-state index is 0.0417. The molecular weight excluding hydrogens is 258 g/mol. The van der Waals surface area contributed by atoms with E-state index in [4.69, 9.17) is 0 Å². The van der Waals surface area contributed by atoms with Crippen LogP contribution in [0.3, 0.4) is 0 Å². The summed E-state index contributed by atoms with van der Waals surface area (Å²) >= 11 is 0. The third-order valence-corrected chi connectivity index (χ3v) is 4.06. The van der Waals surface area contributed by atoms with E-state index in [1.165, 1.54) is 36.9 Å². The Morgan fingerprint density at radius 3 is 2.52 bits per heavy atom. The fourth-order valence-corrected chi connectivity index (χ4v) is 2.82. The van der Waals surface area contributed by atoms with Crippen molar-refractivity contribution in [3.8, 4) is 0 Å². The highest BCUT2D eigenvalue weighted by molar-refractivity contribution is 5.79. The topological polar surface area (TPSA) is 20.3 Å². The number of carbonyl (C=O) groups is 1. The summed E-state index contributed by atoms with van der Waals surface area (Å²) in [6, 6.07) is 10.3. The van der Waals surface area contributed by atoms with E-state index in [0.717, 1.165) is 12.8 Å². The average Bonchev–Trinajstić information content (AvgIpc) is 2.45. The maximum atomic E-state index is 12.6. The molecule has 0 saturated carbocycles. The molecule has 1 aliphatic carbocycles. The molecule has 0 saturated heterocycles. The molecule has 1 aliphatic rings. The van der Waals surface area contributed by atoms with Crippen LogP contribution < -0.4 is 0 Å². The molecule has 0 heterocycles. The highest BCUT2D eigenvalue weighted by Gasteiger charge is 2.21. The number of hydrogen-bond donors (Lipinski definition) is 0. The van der Waals surface area contributed by atoms with Crippen LogP contribution in [0.25, 0.3) is 0 Å². The molecule has 0 aliphatic heterocycles. The van der Waals surface area contributed by atoms with Crippen LogP contribution in [0.5, 0.6) is 0 Å². The van der Waals surface area contributed by atoms with Gasteiger partial charge in [0.25, 0.3) is 0 Å². The van der Waals surface area contributed by atoms with E-state index >= 15 is 0 Å². The summed E-state index contributed by atoms with van der Waals surface area (Å²) in [5, 5.41) is 0. The van der Waals surface area contributed by atoms with Crippen LogP contribution in [0, 0.1) is 5.92 Å². The number of hydrogen-bond acceptors (Lipinski definition) is 1. The molecule has 1 aromatic rings. The van der Waals surface area contributed by atoms with Crippen molar-refractivity contribution < 1.29 is 4.79 Å². The van der Waals surface area contributed by atoms with Crippen LogP contribution in [0.1, 0.15) is 57.9 Å². The number of benzene rings is 1. The molecule has 1 amide bonds. The number of allylic oxidation sites excluding steroid dienone is 2. The first-order valence-corrected chi connectivity index (χ1v) is 8.23. The second-order valence-electron chi connectivity index (χ2n) is 6.21. The first-order valence-electron chi connectivity index (χ1n) is 8.23. The SMILES string of the molecule is CC(C)C(=O)N(Cc1ccccc1)/C1=C/CCCCCC1. The fourth-order valence-electron chi connectivity index (χ4n) is 2.82. The van der Waals surface area contributed by atoms with Crippen molar-refractivity contribution in [3.63, 3.8) is 0 Å². The number of amides is 1. The first kappa shape index (κ1) is 15.8. The number of carbonyl (C=O) groups excluding carboxylic acids is 1. The Morgan fingerprint density at radius 2 is 1.81 bits per heavy atom. The van der Waals surface area contributed by atoms with Gasteiger partial charge in [-0.15, -0.1) is 0 Å². The lowest BCUT2D eigenvalue weighted by Crippen LogP contribution is -2.33. The number of nitrogens with zero attached hydrogens (tertiary/aromatic N) is 1. The Balaban J connectivity index is 2.20. The molecule has 0 spiro atoms. The Bertz CT molecular complexity index is 476. The van der Waals surface area contributed by atoms with Gasteiger partial charge in [0, 0.05) is 11.6 Å². The molecule has 0 unspecified atom stereocenters. The smallest absolute Gasteiger partial charge is 0.229 e. The minimum absolute atomic E-state index is 0.0417. The predicted molar refractivity (Wildman–Crippen MR) is 87.6 cm³/mol. The summed E-state index contributed by atoms with van der Waals surface area (Å²) in [5.41, 5.74) is 2.44. The lowest BCUT2D eigenvalue weighted by atomic mass is 10.0. The Morgan fingerprint density at radius 1 is 1.10 bits per heavy atom. The summed E-state index contributed by atoms with van der Waals surface area (Å²) in [4.78, 5) is 14.6. The van der Waals surface area contributed by atoms with E-state index in [-0.39, 0.29) is 11.8 Å². The molecule has 0 atom stereocenters. The molecule has 0 fully saturated rings. The normalized spacial score (nSPS) is 18.5. The predicted octanol–water partition coefficient (Wildman–Crippen LogP) is 4.91. The van der Waals surface area contributed by atoms with E-state index < -0.39 is 0 Å². The van der Waals surface area contributed by atoms with Gasteiger partial charge in [-0.05, 0) is 31.2 Å². The molecular formula is C19H27NO. The van der Waals surface area contributed by atoms with Crippen LogP contribution in [-0.2, 0) is 11.3 Å². The van der Waals surface area contributed by atoms with E-state index in [1.807, 2.05) is 36.9 Å². The molecule has 0 radical (unpaired) electrons. The Kier molecular flexibility index (Phi) is 6.04. The highest BCUT2D eigenvalue weighted by atomic mass is 16.2. The van der Waals surface area contributed by atoms with Crippen molar-refractivity contribution >= 4 is 5.91 Å². The lowest BCUT2D eigenvalue weighted by molar-refractivity contribution is -0.133. The van der Waals surface area contributed by atoms with Crippen LogP contribution in [0.15, 0.2) is 42.1 Å². The molecule has 2 rings (SSSR count). The van der Waals surface area contributed by atoms with E-state index in [0.29, 0.717) is 6.54 Å². The van der Waals surface area contributed by atoms with Gasteiger partial charge in [-0.25, -0.2) is 0 Å². The Labute approximate surface area is 128 Å². The highest BCUT2D eigenvalue weighted by Crippen LogP contribution is 2.23. The molecule has 0 N–H and O–H groups in total. The molecule has 1 aromatic carbocycles. The van der Waals surface area contributed by atoms with Crippen LogP contribution in [-0.4, -0.2) is 10.8 Å². The summed E-state index contributed by atoms with van der Waals surface area (Å²) in [5.74, 6) is 0.283. The maximum absolute atomic E-state index is 12.6. The average molecular weight is 285 g/mol. The van der Waals surface area contributed by atoms with Gasteiger partial charge in [-0.1, -0.05) is 63.1 Å². The lowest BCUT2D eigenvalue weighted by Gasteiger charge is -2.28. The monoisotopic (exact) mass is 285 g/mol. The van der Waals surface area contributed by atoms with Crippen molar-refractivity contribution in [1.82, 2.24) is 4.90 Å². The van der Waals surface area contributed by atoms with Gasteiger partial charge in [0.2, 0.25) is 5.91 Å². The van der Waals surface area contributed by atoms with Crippen molar-refractivity contribution in [3.05, 3.63) is 47.7 Å². The number of rotatable bonds is 4. The summed E-state index contributed by atoms with van der Waals surface area (Å²) in [7, 11) is 0. The maximum Gasteiger partial charge on any atom is 0.229 e. The Hall–Kier alpha value is -1.57. The first-order chi connectivity index (χ1) is 10.2. The van der Waals surface area contributed by atoms with Gasteiger partial charge >= 0.3 is 0 Å². The molecule has 21 heavy (non-hydrogen) atoms. The van der Waals surface area contributed by atoms with Gasteiger partial charge in [0.15, 0.2) is 0 Å². The molecule has 0 bridgehead atoms. The zero-order valence-electron chi connectivity index (χ0n) is 13.3. The van der Waals surface area contributed by atoms with E-state index in [1.54, 1.807) is 0 Å². The van der Waals surface area contributed by atoms with Gasteiger partial charge in [-0.2, -0.15) is 0 Å². The van der Waals surface area contributed by atoms with Gasteiger partial charge in [-0.3, -0.25) is 4.79 Å². The minimum Gasteiger partial charge on any atom is -0.312 e. The van der Waals surface area contributed by atoms with Crippen molar-refractivity contribution in [2.45, 2.75) is 58.9 Å². The second kappa shape index (κ2) is 8.02. The molecule has 2 nitrogen and oxygen atoms in total. The second-order valence-corrected chi connectivity index (χ2v) is 6.21. The van der Waals surface area contributed by atoms with Gasteiger partial charge in [0.05, 0.1) is 6.54 Å². The van der Waals surface area contributed by atoms with Crippen LogP contribution in [0.4, 0.5) is 0 Å². The summed E-state index contributed by atoms with van der Waals surface area (Å²) < 4.78 is 0. The zero-order chi connectivity index (χ0) is 15.1. The third-order valence-electron chi connectivity index (χ3n) is 4.06. The van der Waals surface area contributed by atoms with Crippen molar-refractivity contribution in [2.24, 2.45) is 5.92 Å². The summed E-state index contributed by atoms with van der Waals surface area (Å²) in [6.45, 7) is 4.68. The zero-order valence-corrected chi connectivity index (χ0v) is 13.3. The van der Waals surface area contributed by atoms with E-state index in [9.17, 15) is 4.79 Å². The molecule has 114 valence electrons. The largest absolute Gasteiger partial charge is 0.312 e. The molecule has 2 heteroatoms. The van der Waals surface area contributed by atoms with Gasteiger partial charge in [0.1, 0.15) is 0 Å². The van der Waals surface area contributed by atoms with Crippen LogP contribution in [0.2, 0.25) is 0 Å².